The first-order valence-electron chi connectivity index (χ1n) is 14.4. The Morgan fingerprint density at radius 1 is 1.03 bits per heavy atom. The Morgan fingerprint density at radius 2 is 1.84 bits per heavy atom. The number of fused-ring (bicyclic) bond motifs is 2. The van der Waals surface area contributed by atoms with Crippen molar-refractivity contribution in [2.75, 3.05) is 19.6 Å². The first kappa shape index (κ1) is 27.0. The van der Waals surface area contributed by atoms with E-state index < -0.39 is 0 Å². The SMILES string of the molecule is O=C1/C(=C/c2cc(CCCCCN3CCCCC3)c(-c3ccc(Cl)cc3)s2)SC(=S)N1C1CC2CCC1C2. The molecular weight excluding hydrogens is 548 g/mol. The molecule has 0 N–H and O–H groups in total. The Bertz CT molecular complexity index is 1200. The van der Waals surface area contributed by atoms with Gasteiger partial charge in [-0.25, -0.2) is 0 Å². The summed E-state index contributed by atoms with van der Waals surface area (Å²) in [6.45, 7) is 3.80. The van der Waals surface area contributed by atoms with Gasteiger partial charge >= 0.3 is 0 Å². The van der Waals surface area contributed by atoms with Crippen LogP contribution in [0.2, 0.25) is 5.02 Å². The van der Waals surface area contributed by atoms with Crippen molar-refractivity contribution in [3.05, 3.63) is 50.7 Å². The van der Waals surface area contributed by atoms with Gasteiger partial charge in [-0.3, -0.25) is 9.69 Å². The van der Waals surface area contributed by atoms with Gasteiger partial charge in [-0.15, -0.1) is 11.3 Å². The molecule has 0 spiro atoms. The molecule has 2 bridgehead atoms. The molecule has 2 aliphatic heterocycles. The normalized spacial score (nSPS) is 26.8. The van der Waals surface area contributed by atoms with Gasteiger partial charge < -0.3 is 4.90 Å². The lowest BCUT2D eigenvalue weighted by Gasteiger charge is -2.30. The van der Waals surface area contributed by atoms with Gasteiger partial charge in [0.2, 0.25) is 0 Å². The highest BCUT2D eigenvalue weighted by atomic mass is 35.5. The van der Waals surface area contributed by atoms with Gasteiger partial charge in [0.25, 0.3) is 5.91 Å². The Labute approximate surface area is 246 Å². The van der Waals surface area contributed by atoms with Crippen LogP contribution in [0.4, 0.5) is 0 Å². The van der Waals surface area contributed by atoms with E-state index in [0.717, 1.165) is 37.9 Å². The van der Waals surface area contributed by atoms with Crippen LogP contribution >= 0.6 is 46.9 Å². The van der Waals surface area contributed by atoms with E-state index in [-0.39, 0.29) is 5.91 Å². The molecule has 6 rings (SSSR count). The van der Waals surface area contributed by atoms with Gasteiger partial charge in [-0.1, -0.05) is 67.0 Å². The Balaban J connectivity index is 1.16. The van der Waals surface area contributed by atoms with Gasteiger partial charge in [0.15, 0.2) is 0 Å². The number of piperidine rings is 1. The molecule has 2 saturated carbocycles. The number of halogens is 1. The number of aryl methyl sites for hydroxylation is 1. The van der Waals surface area contributed by atoms with Crippen molar-refractivity contribution in [3.8, 4) is 10.4 Å². The van der Waals surface area contributed by atoms with Crippen molar-refractivity contribution in [1.29, 1.82) is 0 Å². The molecule has 38 heavy (non-hydrogen) atoms. The van der Waals surface area contributed by atoms with Gasteiger partial charge in [-0.2, -0.15) is 0 Å². The zero-order valence-electron chi connectivity index (χ0n) is 22.0. The van der Waals surface area contributed by atoms with Crippen molar-refractivity contribution in [2.24, 2.45) is 11.8 Å². The number of likely N-dealkylation sites (tertiary alicyclic amines) is 1. The smallest absolute Gasteiger partial charge is 0.266 e. The molecule has 4 aliphatic rings. The van der Waals surface area contributed by atoms with Crippen LogP contribution in [0.15, 0.2) is 35.2 Å². The third kappa shape index (κ3) is 5.95. The van der Waals surface area contributed by atoms with Crippen LogP contribution in [0.1, 0.15) is 74.6 Å². The first-order valence-corrected chi connectivity index (χ1v) is 16.8. The Hall–Kier alpha value is -1.18. The number of thioether (sulfide) groups is 1. The number of amides is 1. The van der Waals surface area contributed by atoms with E-state index in [0.29, 0.717) is 12.0 Å². The summed E-state index contributed by atoms with van der Waals surface area (Å²) < 4.78 is 0.752. The fourth-order valence-electron chi connectivity index (χ4n) is 6.99. The maximum Gasteiger partial charge on any atom is 0.266 e. The quantitative estimate of drug-likeness (QED) is 0.167. The molecule has 4 fully saturated rings. The van der Waals surface area contributed by atoms with E-state index in [1.807, 2.05) is 17.0 Å². The maximum absolute atomic E-state index is 13.5. The fraction of sp³-hybridized carbons (Fsp3) is 0.548. The van der Waals surface area contributed by atoms with Crippen molar-refractivity contribution in [2.45, 2.75) is 76.7 Å². The number of carbonyl (C=O) groups excluding carboxylic acids is 1. The van der Waals surface area contributed by atoms with Crippen LogP contribution in [0, 0.1) is 11.8 Å². The zero-order chi connectivity index (χ0) is 26.1. The number of unbranched alkanes of at least 4 members (excludes halogenated alkanes) is 2. The summed E-state index contributed by atoms with van der Waals surface area (Å²) in [6.07, 6.45) is 16.0. The number of hydrogen-bond donors (Lipinski definition) is 0. The molecule has 3 atom stereocenters. The maximum atomic E-state index is 13.5. The molecule has 3 unspecified atom stereocenters. The molecule has 2 saturated heterocycles. The van der Waals surface area contributed by atoms with Crippen molar-refractivity contribution in [1.82, 2.24) is 9.80 Å². The van der Waals surface area contributed by atoms with Crippen LogP contribution < -0.4 is 0 Å². The largest absolute Gasteiger partial charge is 0.303 e. The molecule has 1 amide bonds. The standard InChI is InChI=1S/C31H37ClN2OS3/c32-25-12-10-22(11-13-25)29-24(7-3-1-4-14-33-15-5-2-6-16-33)19-26(37-29)20-28-30(35)34(31(36)38-28)27-18-21-8-9-23(27)17-21/h10-13,19-21,23,27H,1-9,14-18H2/b28-20-. The van der Waals surface area contributed by atoms with Gasteiger partial charge in [0.05, 0.1) is 4.91 Å². The lowest BCUT2D eigenvalue weighted by Crippen LogP contribution is -2.41. The van der Waals surface area contributed by atoms with Crippen LogP contribution in [0.25, 0.3) is 16.5 Å². The van der Waals surface area contributed by atoms with Crippen molar-refractivity contribution in [3.63, 3.8) is 0 Å². The third-order valence-corrected chi connectivity index (χ3v) is 11.7. The number of thiophene rings is 1. The average molecular weight is 585 g/mol. The summed E-state index contributed by atoms with van der Waals surface area (Å²) in [6, 6.07) is 10.8. The minimum absolute atomic E-state index is 0.123. The summed E-state index contributed by atoms with van der Waals surface area (Å²) in [7, 11) is 0. The molecular formula is C31H37ClN2OS3. The monoisotopic (exact) mass is 584 g/mol. The van der Waals surface area contributed by atoms with E-state index in [1.165, 1.54) is 105 Å². The van der Waals surface area contributed by atoms with E-state index >= 15 is 0 Å². The molecule has 2 aromatic rings. The van der Waals surface area contributed by atoms with Crippen LogP contribution in [-0.4, -0.2) is 45.7 Å². The second kappa shape index (κ2) is 12.1. The van der Waals surface area contributed by atoms with Crippen LogP contribution in [0.3, 0.4) is 0 Å². The number of hydrogen-bond acceptors (Lipinski definition) is 5. The van der Waals surface area contributed by atoms with Gasteiger partial charge in [0, 0.05) is 20.8 Å². The fourth-order valence-corrected chi connectivity index (χ4v) is 9.71. The van der Waals surface area contributed by atoms with Gasteiger partial charge in [-0.05, 0) is 118 Å². The molecule has 1 aromatic carbocycles. The number of nitrogens with zero attached hydrogens (tertiary/aromatic N) is 2. The predicted molar refractivity (Wildman–Crippen MR) is 167 cm³/mol. The summed E-state index contributed by atoms with van der Waals surface area (Å²) in [4.78, 5) is 21.3. The molecule has 2 aliphatic carbocycles. The van der Waals surface area contributed by atoms with Crippen LogP contribution in [0.5, 0.6) is 0 Å². The second-order valence-corrected chi connectivity index (χ2v) is 14.7. The average Bonchev–Trinajstić information content (AvgIpc) is 3.70. The van der Waals surface area contributed by atoms with Crippen molar-refractivity contribution >= 4 is 63.2 Å². The summed E-state index contributed by atoms with van der Waals surface area (Å²) in [5, 5.41) is 0.758. The molecule has 0 radical (unpaired) electrons. The Morgan fingerprint density at radius 3 is 2.58 bits per heavy atom. The Kier molecular flexibility index (Phi) is 8.63. The van der Waals surface area contributed by atoms with E-state index in [4.69, 9.17) is 23.8 Å². The number of carbonyl (C=O) groups is 1. The van der Waals surface area contributed by atoms with Crippen LogP contribution in [-0.2, 0) is 11.2 Å². The first-order chi connectivity index (χ1) is 18.5. The van der Waals surface area contributed by atoms with E-state index in [9.17, 15) is 4.79 Å². The minimum Gasteiger partial charge on any atom is -0.303 e. The number of benzene rings is 1. The van der Waals surface area contributed by atoms with Gasteiger partial charge in [0.1, 0.15) is 4.32 Å². The van der Waals surface area contributed by atoms with Crippen molar-refractivity contribution < 1.29 is 4.79 Å². The highest BCUT2D eigenvalue weighted by molar-refractivity contribution is 8.26. The summed E-state index contributed by atoms with van der Waals surface area (Å²) >= 11 is 15.2. The number of thiocarbonyl (C=S) groups is 1. The highest BCUT2D eigenvalue weighted by Crippen LogP contribution is 2.49. The summed E-state index contributed by atoms with van der Waals surface area (Å²) in [5.74, 6) is 1.56. The third-order valence-electron chi connectivity index (χ3n) is 8.93. The van der Waals surface area contributed by atoms with E-state index in [1.54, 1.807) is 11.3 Å². The molecule has 7 heteroatoms. The molecule has 3 heterocycles. The molecule has 202 valence electrons. The summed E-state index contributed by atoms with van der Waals surface area (Å²) in [5.41, 5.74) is 2.59. The predicted octanol–water partition coefficient (Wildman–Crippen LogP) is 8.66. The zero-order valence-corrected chi connectivity index (χ0v) is 25.2. The van der Waals surface area contributed by atoms with E-state index in [2.05, 4.69) is 29.2 Å². The second-order valence-electron chi connectivity index (χ2n) is 11.5. The lowest BCUT2D eigenvalue weighted by atomic mass is 9.94. The minimum atomic E-state index is 0.123. The molecule has 1 aromatic heterocycles. The highest BCUT2D eigenvalue weighted by Gasteiger charge is 2.47. The molecule has 3 nitrogen and oxygen atoms in total. The number of rotatable bonds is 9. The topological polar surface area (TPSA) is 23.6 Å². The lowest BCUT2D eigenvalue weighted by molar-refractivity contribution is -0.124.